The van der Waals surface area contributed by atoms with Crippen LogP contribution in [0, 0.1) is 11.3 Å². The van der Waals surface area contributed by atoms with Crippen molar-refractivity contribution >= 4 is 21.9 Å². The van der Waals surface area contributed by atoms with Gasteiger partial charge < -0.3 is 13.8 Å². The highest BCUT2D eigenvalue weighted by Crippen LogP contribution is 2.34. The Kier molecular flexibility index (Phi) is 4.68. The van der Waals surface area contributed by atoms with Gasteiger partial charge >= 0.3 is 0 Å². The van der Waals surface area contributed by atoms with E-state index in [0.717, 1.165) is 40.6 Å². The molecular formula is C22H20FN5O2. The van der Waals surface area contributed by atoms with Crippen LogP contribution in [0.5, 0.6) is 0 Å². The third-order valence-corrected chi connectivity index (χ3v) is 5.62. The molecule has 0 bridgehead atoms. The SMILES string of the molecule is C[C@@H]1CC(n2c(Cc3cc(CF)on3)nc3cnc4ccc(C#N)cc4c32)CCO1. The normalized spacial score (nSPS) is 19.4. The van der Waals surface area contributed by atoms with Crippen LogP contribution in [0.2, 0.25) is 0 Å². The fourth-order valence-electron chi connectivity index (χ4n) is 4.29. The number of pyridine rings is 1. The smallest absolute Gasteiger partial charge is 0.167 e. The van der Waals surface area contributed by atoms with Gasteiger partial charge in [-0.3, -0.25) is 4.98 Å². The van der Waals surface area contributed by atoms with Gasteiger partial charge in [-0.15, -0.1) is 0 Å². The molecule has 0 aliphatic carbocycles. The van der Waals surface area contributed by atoms with Crippen LogP contribution in [0.4, 0.5) is 4.39 Å². The number of nitriles is 1. The van der Waals surface area contributed by atoms with Crippen molar-refractivity contribution in [3.8, 4) is 6.07 Å². The number of benzene rings is 1. The maximum absolute atomic E-state index is 12.9. The summed E-state index contributed by atoms with van der Waals surface area (Å²) in [5.41, 5.74) is 3.75. The van der Waals surface area contributed by atoms with E-state index in [1.807, 2.05) is 12.1 Å². The number of halogens is 1. The lowest BCUT2D eigenvalue weighted by atomic mass is 10.0. The average molecular weight is 405 g/mol. The molecule has 1 aromatic carbocycles. The standard InChI is InChI=1S/C22H20FN5O2/c1-13-6-16(4-5-29-13)28-21(9-15-8-17(10-23)30-27-15)26-20-12-25-19-3-2-14(11-24)7-18(19)22(20)28/h2-3,7-8,12-13,16H,4-6,9-10H2,1H3/t13-,16?/m1/s1. The molecule has 152 valence electrons. The summed E-state index contributed by atoms with van der Waals surface area (Å²) in [5, 5.41) is 14.3. The van der Waals surface area contributed by atoms with Crippen LogP contribution < -0.4 is 0 Å². The van der Waals surface area contributed by atoms with E-state index in [4.69, 9.17) is 14.2 Å². The van der Waals surface area contributed by atoms with Crippen LogP contribution in [0.3, 0.4) is 0 Å². The molecule has 0 spiro atoms. The van der Waals surface area contributed by atoms with E-state index in [9.17, 15) is 9.65 Å². The molecule has 5 rings (SSSR count). The van der Waals surface area contributed by atoms with Gasteiger partial charge in [-0.25, -0.2) is 9.37 Å². The molecule has 0 saturated carbocycles. The van der Waals surface area contributed by atoms with Crippen molar-refractivity contribution < 1.29 is 13.7 Å². The second kappa shape index (κ2) is 7.50. The summed E-state index contributed by atoms with van der Waals surface area (Å²) in [6.07, 6.45) is 4.04. The zero-order chi connectivity index (χ0) is 20.7. The first kappa shape index (κ1) is 18.7. The van der Waals surface area contributed by atoms with Gasteiger partial charge in [-0.1, -0.05) is 5.16 Å². The van der Waals surface area contributed by atoms with Crippen molar-refractivity contribution in [1.29, 1.82) is 5.26 Å². The number of rotatable bonds is 4. The quantitative estimate of drug-likeness (QED) is 0.504. The second-order valence-corrected chi connectivity index (χ2v) is 7.69. The van der Waals surface area contributed by atoms with Crippen molar-refractivity contribution in [2.45, 2.75) is 45.0 Å². The highest BCUT2D eigenvalue weighted by atomic mass is 19.1. The minimum Gasteiger partial charge on any atom is -0.378 e. The second-order valence-electron chi connectivity index (χ2n) is 7.69. The average Bonchev–Trinajstić information content (AvgIpc) is 3.37. The first-order chi connectivity index (χ1) is 14.7. The molecule has 1 saturated heterocycles. The van der Waals surface area contributed by atoms with Crippen molar-refractivity contribution in [3.05, 3.63) is 53.3 Å². The van der Waals surface area contributed by atoms with Gasteiger partial charge in [0.1, 0.15) is 18.0 Å². The van der Waals surface area contributed by atoms with Gasteiger partial charge in [0.15, 0.2) is 5.76 Å². The molecule has 1 fully saturated rings. The largest absolute Gasteiger partial charge is 0.378 e. The van der Waals surface area contributed by atoms with Crippen LogP contribution in [0.25, 0.3) is 21.9 Å². The van der Waals surface area contributed by atoms with Crippen molar-refractivity contribution in [2.75, 3.05) is 6.61 Å². The molecule has 4 heterocycles. The first-order valence-corrected chi connectivity index (χ1v) is 9.98. The number of ether oxygens (including phenoxy) is 1. The van der Waals surface area contributed by atoms with E-state index in [1.165, 1.54) is 0 Å². The molecule has 0 amide bonds. The molecule has 7 nitrogen and oxygen atoms in total. The molecule has 0 N–H and O–H groups in total. The van der Waals surface area contributed by atoms with E-state index in [0.29, 0.717) is 24.3 Å². The summed E-state index contributed by atoms with van der Waals surface area (Å²) < 4.78 is 25.9. The molecule has 1 unspecified atom stereocenters. The highest BCUT2D eigenvalue weighted by molar-refractivity contribution is 6.02. The Hall–Kier alpha value is -3.31. The van der Waals surface area contributed by atoms with E-state index in [1.54, 1.807) is 18.3 Å². The van der Waals surface area contributed by atoms with E-state index in [-0.39, 0.29) is 17.9 Å². The summed E-state index contributed by atoms with van der Waals surface area (Å²) in [5.74, 6) is 1.03. The van der Waals surface area contributed by atoms with Gasteiger partial charge in [-0.05, 0) is 38.0 Å². The van der Waals surface area contributed by atoms with Gasteiger partial charge in [0.25, 0.3) is 0 Å². The molecule has 0 radical (unpaired) electrons. The van der Waals surface area contributed by atoms with Gasteiger partial charge in [0.2, 0.25) is 0 Å². The maximum atomic E-state index is 12.9. The predicted molar refractivity (Wildman–Crippen MR) is 108 cm³/mol. The fourth-order valence-corrected chi connectivity index (χ4v) is 4.29. The monoisotopic (exact) mass is 405 g/mol. The van der Waals surface area contributed by atoms with Crippen LogP contribution in [-0.4, -0.2) is 32.4 Å². The Bertz CT molecular complexity index is 1270. The number of aromatic nitrogens is 4. The number of hydrogen-bond donors (Lipinski definition) is 0. The lowest BCUT2D eigenvalue weighted by molar-refractivity contribution is 0.00630. The molecule has 1 aliphatic heterocycles. The predicted octanol–water partition coefficient (Wildman–Crippen LogP) is 4.24. The van der Waals surface area contributed by atoms with E-state index >= 15 is 0 Å². The minimum absolute atomic E-state index is 0.141. The minimum atomic E-state index is -0.688. The summed E-state index contributed by atoms with van der Waals surface area (Å²) >= 11 is 0. The van der Waals surface area contributed by atoms with Crippen molar-refractivity contribution in [3.63, 3.8) is 0 Å². The van der Waals surface area contributed by atoms with Crippen molar-refractivity contribution in [2.24, 2.45) is 0 Å². The molecule has 30 heavy (non-hydrogen) atoms. The Morgan fingerprint density at radius 1 is 1.30 bits per heavy atom. The zero-order valence-electron chi connectivity index (χ0n) is 16.5. The third-order valence-electron chi connectivity index (χ3n) is 5.62. The van der Waals surface area contributed by atoms with Gasteiger partial charge in [0, 0.05) is 24.1 Å². The van der Waals surface area contributed by atoms with E-state index < -0.39 is 6.67 Å². The molecule has 3 aromatic heterocycles. The number of imidazole rings is 1. The summed E-state index contributed by atoms with van der Waals surface area (Å²) in [6, 6.07) is 9.53. The number of alkyl halides is 1. The Morgan fingerprint density at radius 2 is 2.20 bits per heavy atom. The van der Waals surface area contributed by atoms with Crippen LogP contribution in [0.15, 0.2) is 35.0 Å². The van der Waals surface area contributed by atoms with Crippen molar-refractivity contribution in [1.82, 2.24) is 19.7 Å². The lowest BCUT2D eigenvalue weighted by Gasteiger charge is -2.30. The first-order valence-electron chi connectivity index (χ1n) is 9.98. The number of fused-ring (bicyclic) bond motifs is 3. The van der Waals surface area contributed by atoms with Gasteiger partial charge in [0.05, 0.1) is 47.1 Å². The third kappa shape index (κ3) is 3.21. The summed E-state index contributed by atoms with van der Waals surface area (Å²) in [7, 11) is 0. The zero-order valence-corrected chi connectivity index (χ0v) is 16.5. The molecular weight excluding hydrogens is 385 g/mol. The molecule has 4 aromatic rings. The Morgan fingerprint density at radius 3 is 2.97 bits per heavy atom. The molecule has 1 aliphatic rings. The molecule has 2 atom stereocenters. The topological polar surface area (TPSA) is 89.8 Å². The van der Waals surface area contributed by atoms with E-state index in [2.05, 4.69) is 27.7 Å². The highest BCUT2D eigenvalue weighted by Gasteiger charge is 2.27. The fraction of sp³-hybridized carbons (Fsp3) is 0.364. The molecule has 8 heteroatoms. The number of hydrogen-bond acceptors (Lipinski definition) is 6. The number of nitrogens with zero attached hydrogens (tertiary/aromatic N) is 5. The van der Waals surface area contributed by atoms with Crippen LogP contribution >= 0.6 is 0 Å². The Balaban J connectivity index is 1.72. The summed E-state index contributed by atoms with van der Waals surface area (Å²) in [4.78, 5) is 9.38. The Labute approximate surface area is 172 Å². The van der Waals surface area contributed by atoms with Gasteiger partial charge in [-0.2, -0.15) is 5.26 Å². The van der Waals surface area contributed by atoms with Crippen LogP contribution in [0.1, 0.15) is 48.6 Å². The maximum Gasteiger partial charge on any atom is 0.167 e. The lowest BCUT2D eigenvalue weighted by Crippen LogP contribution is -2.26. The van der Waals surface area contributed by atoms with Crippen LogP contribution in [-0.2, 0) is 17.8 Å². The summed E-state index contributed by atoms with van der Waals surface area (Å²) in [6.45, 7) is 2.06.